The molecule has 0 fully saturated rings. The highest BCUT2D eigenvalue weighted by molar-refractivity contribution is 5.94. The SMILES string of the molecule is Cc1ccc(Nc2cc(C(=O)O)c(N)cn2)c(C)c1. The van der Waals surface area contributed by atoms with Gasteiger partial charge >= 0.3 is 5.97 Å². The Kier molecular flexibility index (Phi) is 3.37. The average Bonchev–Trinajstić information content (AvgIpc) is 2.34. The van der Waals surface area contributed by atoms with Crippen LogP contribution in [0, 0.1) is 13.8 Å². The number of anilines is 3. The zero-order chi connectivity index (χ0) is 14.0. The first-order chi connectivity index (χ1) is 8.97. The summed E-state index contributed by atoms with van der Waals surface area (Å²) < 4.78 is 0. The molecule has 0 spiro atoms. The number of aryl methyl sites for hydroxylation is 2. The molecule has 2 rings (SSSR count). The lowest BCUT2D eigenvalue weighted by Crippen LogP contribution is -2.05. The van der Waals surface area contributed by atoms with E-state index < -0.39 is 5.97 Å². The number of carboxylic acids is 1. The molecular formula is C14H15N3O2. The fourth-order valence-electron chi connectivity index (χ4n) is 1.81. The summed E-state index contributed by atoms with van der Waals surface area (Å²) in [7, 11) is 0. The van der Waals surface area contributed by atoms with Gasteiger partial charge in [0.05, 0.1) is 17.4 Å². The topological polar surface area (TPSA) is 88.2 Å². The molecule has 0 aliphatic carbocycles. The molecule has 0 aliphatic rings. The van der Waals surface area contributed by atoms with Crippen LogP contribution >= 0.6 is 0 Å². The van der Waals surface area contributed by atoms with E-state index in [-0.39, 0.29) is 11.3 Å². The third-order valence-electron chi connectivity index (χ3n) is 2.81. The van der Waals surface area contributed by atoms with Crippen molar-refractivity contribution in [3.8, 4) is 0 Å². The van der Waals surface area contributed by atoms with Crippen LogP contribution in [0.25, 0.3) is 0 Å². The molecule has 0 atom stereocenters. The zero-order valence-electron chi connectivity index (χ0n) is 10.8. The van der Waals surface area contributed by atoms with E-state index in [1.54, 1.807) is 0 Å². The first kappa shape index (κ1) is 12.9. The summed E-state index contributed by atoms with van der Waals surface area (Å²) in [5.41, 5.74) is 8.88. The monoisotopic (exact) mass is 257 g/mol. The molecule has 5 heteroatoms. The number of hydrogen-bond donors (Lipinski definition) is 3. The average molecular weight is 257 g/mol. The number of hydrogen-bond acceptors (Lipinski definition) is 4. The number of nitrogens with one attached hydrogen (secondary N) is 1. The van der Waals surface area contributed by atoms with E-state index in [2.05, 4.69) is 10.3 Å². The fourth-order valence-corrected chi connectivity index (χ4v) is 1.81. The molecule has 98 valence electrons. The Morgan fingerprint density at radius 1 is 1.32 bits per heavy atom. The summed E-state index contributed by atoms with van der Waals surface area (Å²) in [6.45, 7) is 3.99. The summed E-state index contributed by atoms with van der Waals surface area (Å²) in [5, 5.41) is 12.1. The molecule has 0 amide bonds. The van der Waals surface area contributed by atoms with Crippen LogP contribution in [0.15, 0.2) is 30.5 Å². The number of nitrogens with zero attached hydrogens (tertiary/aromatic N) is 1. The van der Waals surface area contributed by atoms with Crippen LogP contribution in [-0.2, 0) is 0 Å². The quantitative estimate of drug-likeness (QED) is 0.786. The van der Waals surface area contributed by atoms with E-state index in [1.165, 1.54) is 17.8 Å². The van der Waals surface area contributed by atoms with Gasteiger partial charge in [0.2, 0.25) is 0 Å². The molecule has 4 N–H and O–H groups in total. The van der Waals surface area contributed by atoms with Gasteiger partial charge in [-0.05, 0) is 31.5 Å². The Morgan fingerprint density at radius 2 is 2.05 bits per heavy atom. The Morgan fingerprint density at radius 3 is 2.68 bits per heavy atom. The van der Waals surface area contributed by atoms with Crippen molar-refractivity contribution >= 4 is 23.2 Å². The Balaban J connectivity index is 2.33. The predicted octanol–water partition coefficient (Wildman–Crippen LogP) is 2.72. The molecule has 0 bridgehead atoms. The van der Waals surface area contributed by atoms with Gasteiger partial charge in [-0.15, -0.1) is 0 Å². The Hall–Kier alpha value is -2.56. The largest absolute Gasteiger partial charge is 0.478 e. The Labute approximate surface area is 111 Å². The normalized spacial score (nSPS) is 10.2. The summed E-state index contributed by atoms with van der Waals surface area (Å²) in [6, 6.07) is 7.38. The van der Waals surface area contributed by atoms with Gasteiger partial charge in [-0.2, -0.15) is 0 Å². The van der Waals surface area contributed by atoms with Crippen molar-refractivity contribution in [2.45, 2.75) is 13.8 Å². The first-order valence-electron chi connectivity index (χ1n) is 5.80. The third kappa shape index (κ3) is 2.82. The van der Waals surface area contributed by atoms with Crippen molar-refractivity contribution in [2.75, 3.05) is 11.1 Å². The minimum Gasteiger partial charge on any atom is -0.478 e. The molecule has 0 saturated heterocycles. The van der Waals surface area contributed by atoms with E-state index in [0.29, 0.717) is 5.82 Å². The van der Waals surface area contributed by atoms with E-state index in [9.17, 15) is 4.79 Å². The molecule has 1 heterocycles. The van der Waals surface area contributed by atoms with E-state index in [4.69, 9.17) is 10.8 Å². The van der Waals surface area contributed by atoms with Gasteiger partial charge in [-0.1, -0.05) is 17.7 Å². The van der Waals surface area contributed by atoms with Gasteiger partial charge in [-0.3, -0.25) is 0 Å². The van der Waals surface area contributed by atoms with Crippen LogP contribution in [0.4, 0.5) is 17.2 Å². The molecule has 0 saturated carbocycles. The van der Waals surface area contributed by atoms with Crippen molar-refractivity contribution in [3.63, 3.8) is 0 Å². The highest BCUT2D eigenvalue weighted by Gasteiger charge is 2.10. The number of pyridine rings is 1. The minimum atomic E-state index is -1.07. The smallest absolute Gasteiger partial charge is 0.337 e. The number of carbonyl (C=O) groups is 1. The second-order valence-corrected chi connectivity index (χ2v) is 4.41. The number of benzene rings is 1. The Bertz CT molecular complexity index is 639. The van der Waals surface area contributed by atoms with E-state index >= 15 is 0 Å². The molecule has 1 aromatic carbocycles. The number of nitrogen functional groups attached to an aromatic ring is 1. The molecule has 0 unspecified atom stereocenters. The summed E-state index contributed by atoms with van der Waals surface area (Å²) >= 11 is 0. The van der Waals surface area contributed by atoms with E-state index in [1.807, 2.05) is 32.0 Å². The lowest BCUT2D eigenvalue weighted by Gasteiger charge is -2.10. The number of nitrogens with two attached hydrogens (primary N) is 1. The minimum absolute atomic E-state index is 0.0438. The highest BCUT2D eigenvalue weighted by Crippen LogP contribution is 2.22. The van der Waals surface area contributed by atoms with Crippen LogP contribution in [0.3, 0.4) is 0 Å². The fraction of sp³-hybridized carbons (Fsp3) is 0.143. The number of aromatic nitrogens is 1. The van der Waals surface area contributed by atoms with Gasteiger partial charge in [0.25, 0.3) is 0 Å². The van der Waals surface area contributed by atoms with Crippen molar-refractivity contribution in [1.82, 2.24) is 4.98 Å². The van der Waals surface area contributed by atoms with Crippen LogP contribution in [0.5, 0.6) is 0 Å². The maximum atomic E-state index is 11.0. The predicted molar refractivity (Wildman–Crippen MR) is 74.8 cm³/mol. The molecule has 1 aromatic heterocycles. The molecule has 0 aliphatic heterocycles. The van der Waals surface area contributed by atoms with Crippen LogP contribution < -0.4 is 11.1 Å². The maximum Gasteiger partial charge on any atom is 0.337 e. The third-order valence-corrected chi connectivity index (χ3v) is 2.81. The molecular weight excluding hydrogens is 242 g/mol. The maximum absolute atomic E-state index is 11.0. The second-order valence-electron chi connectivity index (χ2n) is 4.41. The van der Waals surface area contributed by atoms with Gasteiger partial charge < -0.3 is 16.2 Å². The van der Waals surface area contributed by atoms with Gasteiger partial charge in [0.15, 0.2) is 0 Å². The number of aromatic carboxylic acids is 1. The summed E-state index contributed by atoms with van der Waals surface area (Å²) in [5.74, 6) is -0.609. The van der Waals surface area contributed by atoms with Gasteiger partial charge in [0, 0.05) is 5.69 Å². The molecule has 19 heavy (non-hydrogen) atoms. The lowest BCUT2D eigenvalue weighted by atomic mass is 10.1. The number of rotatable bonds is 3. The van der Waals surface area contributed by atoms with Crippen molar-refractivity contribution < 1.29 is 9.90 Å². The number of carboxylic acid groups (broad SMARTS) is 1. The summed E-state index contributed by atoms with van der Waals surface area (Å²) in [4.78, 5) is 15.1. The van der Waals surface area contributed by atoms with Gasteiger partial charge in [0.1, 0.15) is 5.82 Å². The summed E-state index contributed by atoms with van der Waals surface area (Å²) in [6.07, 6.45) is 1.34. The van der Waals surface area contributed by atoms with Crippen molar-refractivity contribution in [3.05, 3.63) is 47.2 Å². The van der Waals surface area contributed by atoms with Crippen LogP contribution in [0.1, 0.15) is 21.5 Å². The second kappa shape index (κ2) is 4.97. The highest BCUT2D eigenvalue weighted by atomic mass is 16.4. The first-order valence-corrected chi connectivity index (χ1v) is 5.80. The van der Waals surface area contributed by atoms with E-state index in [0.717, 1.165) is 11.3 Å². The van der Waals surface area contributed by atoms with Gasteiger partial charge in [-0.25, -0.2) is 9.78 Å². The lowest BCUT2D eigenvalue weighted by molar-refractivity contribution is 0.0698. The molecule has 2 aromatic rings. The van der Waals surface area contributed by atoms with Crippen LogP contribution in [0.2, 0.25) is 0 Å². The van der Waals surface area contributed by atoms with Crippen LogP contribution in [-0.4, -0.2) is 16.1 Å². The van der Waals surface area contributed by atoms with Crippen molar-refractivity contribution in [1.29, 1.82) is 0 Å². The molecule has 0 radical (unpaired) electrons. The standard InChI is InChI=1S/C14H15N3O2/c1-8-3-4-12(9(2)5-8)17-13-6-10(14(18)19)11(15)7-16-13/h3-7H,15H2,1-2H3,(H,16,17)(H,18,19). The van der Waals surface area contributed by atoms with Crippen molar-refractivity contribution in [2.24, 2.45) is 0 Å². The zero-order valence-corrected chi connectivity index (χ0v) is 10.8. The molecule has 5 nitrogen and oxygen atoms in total.